The summed E-state index contributed by atoms with van der Waals surface area (Å²) in [7, 11) is 1.78. The van der Waals surface area contributed by atoms with Gasteiger partial charge in [-0.3, -0.25) is 4.79 Å². The maximum atomic E-state index is 12.6. The van der Waals surface area contributed by atoms with E-state index in [1.165, 1.54) is 0 Å². The molecule has 0 N–H and O–H groups in total. The van der Waals surface area contributed by atoms with Gasteiger partial charge in [0.15, 0.2) is 0 Å². The van der Waals surface area contributed by atoms with Gasteiger partial charge >= 0.3 is 6.09 Å². The first-order chi connectivity index (χ1) is 16.0. The zero-order chi connectivity index (χ0) is 24.9. The van der Waals surface area contributed by atoms with Crippen molar-refractivity contribution in [2.45, 2.75) is 76.9 Å². The highest BCUT2D eigenvalue weighted by Crippen LogP contribution is 2.30. The van der Waals surface area contributed by atoms with Crippen LogP contribution in [0.5, 0.6) is 0 Å². The van der Waals surface area contributed by atoms with Gasteiger partial charge in [0.2, 0.25) is 5.91 Å². The molecule has 190 valence electrons. The van der Waals surface area contributed by atoms with Crippen LogP contribution in [0.15, 0.2) is 18.2 Å². The summed E-state index contributed by atoms with van der Waals surface area (Å²) in [5.74, 6) is 0.434. The van der Waals surface area contributed by atoms with E-state index in [2.05, 4.69) is 9.80 Å². The SMILES string of the molecule is CN(C[C@@H](CCN1CCC(N2CCCCC2=O)CC1)c1ccc(Cl)c(Cl)c1)C(=O)OC(C)(C)C. The Bertz CT molecular complexity index is 850. The maximum absolute atomic E-state index is 12.6. The lowest BCUT2D eigenvalue weighted by Gasteiger charge is -2.40. The first kappa shape index (κ1) is 27.1. The molecular formula is C26H39Cl2N3O3. The van der Waals surface area contributed by atoms with E-state index in [9.17, 15) is 9.59 Å². The molecule has 6 nitrogen and oxygen atoms in total. The predicted octanol–water partition coefficient (Wildman–Crippen LogP) is 5.81. The number of hydrogen-bond donors (Lipinski definition) is 0. The lowest BCUT2D eigenvalue weighted by atomic mass is 9.94. The summed E-state index contributed by atoms with van der Waals surface area (Å²) in [6.07, 6.45) is 5.48. The standard InChI is InChI=1S/C26H39Cl2N3O3/c1-26(2,3)34-25(33)29(4)18-20(19-8-9-22(27)23(28)17-19)10-14-30-15-11-21(12-16-30)31-13-6-5-7-24(31)32/h8-9,17,20-21H,5-7,10-16,18H2,1-4H3/t20-/m1/s1. The summed E-state index contributed by atoms with van der Waals surface area (Å²) in [6.45, 7) is 9.97. The fraction of sp³-hybridized carbons (Fsp3) is 0.692. The Balaban J connectivity index is 1.60. The van der Waals surface area contributed by atoms with Crippen LogP contribution < -0.4 is 0 Å². The number of nitrogens with zero attached hydrogens (tertiary/aromatic N) is 3. The first-order valence-electron chi connectivity index (χ1n) is 12.4. The summed E-state index contributed by atoms with van der Waals surface area (Å²) in [6, 6.07) is 6.11. The summed E-state index contributed by atoms with van der Waals surface area (Å²) < 4.78 is 5.55. The second kappa shape index (κ2) is 12.0. The molecule has 2 aliphatic rings. The molecular weight excluding hydrogens is 473 g/mol. The number of carbonyl (C=O) groups is 2. The zero-order valence-corrected chi connectivity index (χ0v) is 22.5. The Morgan fingerprint density at radius 1 is 1.15 bits per heavy atom. The fourth-order valence-corrected chi connectivity index (χ4v) is 5.19. The minimum absolute atomic E-state index is 0.105. The highest BCUT2D eigenvalue weighted by molar-refractivity contribution is 6.42. The number of halogens is 2. The lowest BCUT2D eigenvalue weighted by molar-refractivity contribution is -0.136. The molecule has 2 aliphatic heterocycles. The highest BCUT2D eigenvalue weighted by atomic mass is 35.5. The molecule has 0 radical (unpaired) electrons. The number of likely N-dealkylation sites (N-methyl/N-ethyl adjacent to an activating group) is 1. The van der Waals surface area contributed by atoms with E-state index in [-0.39, 0.29) is 12.0 Å². The van der Waals surface area contributed by atoms with Crippen LogP contribution in [0.1, 0.15) is 70.8 Å². The van der Waals surface area contributed by atoms with E-state index in [0.717, 1.165) is 63.8 Å². The van der Waals surface area contributed by atoms with E-state index >= 15 is 0 Å². The number of ether oxygens (including phenoxy) is 1. The van der Waals surface area contributed by atoms with Gasteiger partial charge in [-0.05, 0) is 77.1 Å². The molecule has 0 unspecified atom stereocenters. The van der Waals surface area contributed by atoms with Crippen LogP contribution in [0.3, 0.4) is 0 Å². The van der Waals surface area contributed by atoms with Crippen LogP contribution >= 0.6 is 23.2 Å². The molecule has 34 heavy (non-hydrogen) atoms. The van der Waals surface area contributed by atoms with E-state index in [1.807, 2.05) is 39.0 Å². The fourth-order valence-electron chi connectivity index (χ4n) is 4.88. The van der Waals surface area contributed by atoms with Crippen LogP contribution in [-0.4, -0.2) is 78.1 Å². The Morgan fingerprint density at radius 3 is 2.47 bits per heavy atom. The average Bonchev–Trinajstić information content (AvgIpc) is 2.78. The molecule has 0 bridgehead atoms. The third-order valence-corrected chi connectivity index (χ3v) is 7.51. The van der Waals surface area contributed by atoms with Crippen molar-refractivity contribution in [2.75, 3.05) is 39.8 Å². The second-order valence-electron chi connectivity index (χ2n) is 10.6. The smallest absolute Gasteiger partial charge is 0.410 e. The predicted molar refractivity (Wildman–Crippen MR) is 138 cm³/mol. The van der Waals surface area contributed by atoms with Gasteiger partial charge in [0, 0.05) is 51.6 Å². The van der Waals surface area contributed by atoms with Crippen molar-refractivity contribution in [3.8, 4) is 0 Å². The van der Waals surface area contributed by atoms with Crippen molar-refractivity contribution in [3.05, 3.63) is 33.8 Å². The Kier molecular flexibility index (Phi) is 9.53. The molecule has 2 amide bonds. The van der Waals surface area contributed by atoms with Crippen LogP contribution in [0.25, 0.3) is 0 Å². The monoisotopic (exact) mass is 511 g/mol. The van der Waals surface area contributed by atoms with E-state index < -0.39 is 5.60 Å². The van der Waals surface area contributed by atoms with Gasteiger partial charge < -0.3 is 19.4 Å². The van der Waals surface area contributed by atoms with E-state index in [1.54, 1.807) is 11.9 Å². The number of carbonyl (C=O) groups excluding carboxylic acids is 2. The van der Waals surface area contributed by atoms with Gasteiger partial charge in [-0.1, -0.05) is 29.3 Å². The third-order valence-electron chi connectivity index (χ3n) is 6.77. The van der Waals surface area contributed by atoms with Gasteiger partial charge in [0.1, 0.15) is 5.60 Å². The topological polar surface area (TPSA) is 53.1 Å². The van der Waals surface area contributed by atoms with E-state index in [0.29, 0.717) is 35.0 Å². The molecule has 3 rings (SSSR count). The van der Waals surface area contributed by atoms with Crippen molar-refractivity contribution in [2.24, 2.45) is 0 Å². The van der Waals surface area contributed by atoms with Crippen molar-refractivity contribution in [3.63, 3.8) is 0 Å². The number of piperidine rings is 2. The molecule has 8 heteroatoms. The molecule has 2 saturated heterocycles. The van der Waals surface area contributed by atoms with Crippen LogP contribution in [0, 0.1) is 0 Å². The molecule has 1 aromatic carbocycles. The number of likely N-dealkylation sites (tertiary alicyclic amines) is 2. The summed E-state index contributed by atoms with van der Waals surface area (Å²) >= 11 is 12.5. The molecule has 2 fully saturated rings. The highest BCUT2D eigenvalue weighted by Gasteiger charge is 2.30. The van der Waals surface area contributed by atoms with Crippen molar-refractivity contribution >= 4 is 35.2 Å². The number of benzene rings is 1. The van der Waals surface area contributed by atoms with Gasteiger partial charge in [0.05, 0.1) is 10.0 Å². The summed E-state index contributed by atoms with van der Waals surface area (Å²) in [5.41, 5.74) is 0.531. The van der Waals surface area contributed by atoms with Gasteiger partial charge in [-0.25, -0.2) is 4.79 Å². The van der Waals surface area contributed by atoms with Crippen LogP contribution in [0.4, 0.5) is 4.79 Å². The van der Waals surface area contributed by atoms with Gasteiger partial charge in [-0.2, -0.15) is 0 Å². The van der Waals surface area contributed by atoms with Gasteiger partial charge in [-0.15, -0.1) is 0 Å². The number of amides is 2. The molecule has 2 heterocycles. The normalized spacial score (nSPS) is 19.2. The quantitative estimate of drug-likeness (QED) is 0.463. The van der Waals surface area contributed by atoms with Crippen molar-refractivity contribution in [1.82, 2.24) is 14.7 Å². The summed E-state index contributed by atoms with van der Waals surface area (Å²) in [4.78, 5) is 31.1. The Hall–Kier alpha value is -1.50. The Labute approximate surface area is 214 Å². The van der Waals surface area contributed by atoms with Crippen LogP contribution in [0.2, 0.25) is 10.0 Å². The maximum Gasteiger partial charge on any atom is 0.410 e. The minimum atomic E-state index is -0.537. The number of rotatable bonds is 7. The third kappa shape index (κ3) is 7.76. The lowest BCUT2D eigenvalue weighted by Crippen LogP contribution is -2.49. The Morgan fingerprint density at radius 2 is 1.85 bits per heavy atom. The van der Waals surface area contributed by atoms with E-state index in [4.69, 9.17) is 27.9 Å². The number of hydrogen-bond acceptors (Lipinski definition) is 4. The van der Waals surface area contributed by atoms with Crippen molar-refractivity contribution in [1.29, 1.82) is 0 Å². The molecule has 0 aliphatic carbocycles. The largest absolute Gasteiger partial charge is 0.444 e. The van der Waals surface area contributed by atoms with Crippen LogP contribution in [-0.2, 0) is 9.53 Å². The zero-order valence-electron chi connectivity index (χ0n) is 21.0. The van der Waals surface area contributed by atoms with Gasteiger partial charge in [0.25, 0.3) is 0 Å². The molecule has 0 saturated carbocycles. The molecule has 0 aromatic heterocycles. The molecule has 1 aromatic rings. The summed E-state index contributed by atoms with van der Waals surface area (Å²) in [5, 5.41) is 1.05. The molecule has 1 atom stereocenters. The second-order valence-corrected chi connectivity index (χ2v) is 11.5. The minimum Gasteiger partial charge on any atom is -0.444 e. The first-order valence-corrected chi connectivity index (χ1v) is 13.2. The molecule has 0 spiro atoms. The average molecular weight is 513 g/mol. The van der Waals surface area contributed by atoms with Crippen molar-refractivity contribution < 1.29 is 14.3 Å².